The summed E-state index contributed by atoms with van der Waals surface area (Å²) in [6.07, 6.45) is 3.97. The maximum atomic E-state index is 12.4. The minimum absolute atomic E-state index is 0.0508. The monoisotopic (exact) mass is 439 g/mol. The van der Waals surface area contributed by atoms with Crippen LogP contribution in [0.1, 0.15) is 46.0 Å². The molecule has 2 aromatic rings. The first-order valence-electron chi connectivity index (χ1n) is 10.8. The third kappa shape index (κ3) is 3.81. The lowest BCUT2D eigenvalue weighted by Gasteiger charge is -2.28. The van der Waals surface area contributed by atoms with Crippen LogP contribution < -0.4 is 15.1 Å². The molecule has 2 heterocycles. The molecule has 3 aliphatic rings. The van der Waals surface area contributed by atoms with Crippen LogP contribution in [0.15, 0.2) is 42.5 Å². The lowest BCUT2D eigenvalue weighted by atomic mass is 10.0. The lowest BCUT2D eigenvalue weighted by Crippen LogP contribution is -2.49. The molecule has 3 fully saturated rings. The van der Waals surface area contributed by atoms with E-state index in [1.807, 2.05) is 55.1 Å². The fourth-order valence-corrected chi connectivity index (χ4v) is 4.74. The van der Waals surface area contributed by atoms with Crippen molar-refractivity contribution >= 4 is 40.8 Å². The van der Waals surface area contributed by atoms with Crippen LogP contribution in [-0.4, -0.2) is 29.9 Å². The largest absolute Gasteiger partial charge is 0.328 e. The molecule has 7 heteroatoms. The molecule has 0 aromatic heterocycles. The Morgan fingerprint density at radius 1 is 0.935 bits per heavy atom. The second-order valence-corrected chi connectivity index (χ2v) is 8.27. The number of imide groups is 1. The van der Waals surface area contributed by atoms with Crippen molar-refractivity contribution in [3.63, 3.8) is 0 Å². The summed E-state index contributed by atoms with van der Waals surface area (Å²) >= 11 is 6.65. The quantitative estimate of drug-likeness (QED) is 0.719. The van der Waals surface area contributed by atoms with Gasteiger partial charge in [-0.2, -0.15) is 0 Å². The molecular formula is C24H26ClN3O3. The van der Waals surface area contributed by atoms with E-state index in [2.05, 4.69) is 5.32 Å². The van der Waals surface area contributed by atoms with E-state index < -0.39 is 6.03 Å². The van der Waals surface area contributed by atoms with E-state index in [9.17, 15) is 14.4 Å². The van der Waals surface area contributed by atoms with Gasteiger partial charge in [-0.1, -0.05) is 49.7 Å². The van der Waals surface area contributed by atoms with Gasteiger partial charge in [-0.3, -0.25) is 19.8 Å². The minimum Gasteiger partial charge on any atom is -0.306 e. The maximum absolute atomic E-state index is 12.4. The smallest absolute Gasteiger partial charge is 0.306 e. The molecule has 31 heavy (non-hydrogen) atoms. The zero-order valence-corrected chi connectivity index (χ0v) is 18.5. The molecule has 2 aromatic carbocycles. The van der Waals surface area contributed by atoms with Gasteiger partial charge in [0.1, 0.15) is 0 Å². The Hall–Kier alpha value is -2.86. The number of nitrogens with one attached hydrogen (secondary N) is 1. The number of halogens is 1. The first kappa shape index (κ1) is 21.4. The highest BCUT2D eigenvalue weighted by Gasteiger charge is 2.54. The van der Waals surface area contributed by atoms with E-state index >= 15 is 0 Å². The van der Waals surface area contributed by atoms with Crippen LogP contribution in [0.25, 0.3) is 11.1 Å². The highest BCUT2D eigenvalue weighted by atomic mass is 35.5. The average molecular weight is 440 g/mol. The summed E-state index contributed by atoms with van der Waals surface area (Å²) in [7, 11) is 0. The Morgan fingerprint density at radius 2 is 1.65 bits per heavy atom. The van der Waals surface area contributed by atoms with E-state index in [1.165, 1.54) is 4.90 Å². The normalized spacial score (nSPS) is 19.3. The number of urea groups is 1. The number of hydrogen-bond donors (Lipinski definition) is 1. The first-order chi connectivity index (χ1) is 15.0. The second-order valence-electron chi connectivity index (χ2n) is 7.89. The molecule has 1 spiro atoms. The van der Waals surface area contributed by atoms with E-state index in [0.29, 0.717) is 23.7 Å². The molecule has 0 atom stereocenters. The van der Waals surface area contributed by atoms with Gasteiger partial charge in [0.15, 0.2) is 0 Å². The SMILES string of the molecule is CC.O=C1CCN(c2cccc(-c3ccc(N4C(=O)CCC45CC5)cc3)c2Cl)C(=O)N1. The zero-order chi connectivity index (χ0) is 22.2. The fraction of sp³-hybridized carbons (Fsp3) is 0.375. The summed E-state index contributed by atoms with van der Waals surface area (Å²) in [5.74, 6) is -0.0834. The van der Waals surface area contributed by atoms with Crippen LogP contribution in [0, 0.1) is 0 Å². The number of carbonyl (C=O) groups excluding carboxylic acids is 3. The average Bonchev–Trinajstić information content (AvgIpc) is 3.48. The Morgan fingerprint density at radius 3 is 2.29 bits per heavy atom. The van der Waals surface area contributed by atoms with Crippen LogP contribution in [0.3, 0.4) is 0 Å². The third-order valence-corrected chi connectivity index (χ3v) is 6.51. The molecule has 6 nitrogen and oxygen atoms in total. The predicted molar refractivity (Wildman–Crippen MR) is 122 cm³/mol. The standard InChI is InChI=1S/C22H20ClN3O3.C2H6/c23-20-16(2-1-3-17(20)25-13-9-18(27)24-21(25)29)14-4-6-15(7-5-14)26-19(28)8-10-22(26)11-12-22;1-2/h1-7H,8-13H2,(H,24,27,29);1-2H3. The molecule has 4 amide bonds. The summed E-state index contributed by atoms with van der Waals surface area (Å²) in [4.78, 5) is 39.4. The Balaban J connectivity index is 0.00000112. The number of carbonyl (C=O) groups is 3. The first-order valence-corrected chi connectivity index (χ1v) is 11.2. The number of benzene rings is 2. The summed E-state index contributed by atoms with van der Waals surface area (Å²) in [6, 6.07) is 12.9. The van der Waals surface area contributed by atoms with Gasteiger partial charge in [-0.05, 0) is 43.0 Å². The predicted octanol–water partition coefficient (Wildman–Crippen LogP) is 5.14. The molecule has 2 aliphatic heterocycles. The number of nitrogens with zero attached hydrogens (tertiary/aromatic N) is 2. The molecule has 2 saturated heterocycles. The van der Waals surface area contributed by atoms with Crippen molar-refractivity contribution in [3.05, 3.63) is 47.5 Å². The maximum Gasteiger partial charge on any atom is 0.328 e. The summed E-state index contributed by atoms with van der Waals surface area (Å²) in [5.41, 5.74) is 3.26. The zero-order valence-electron chi connectivity index (χ0n) is 17.8. The van der Waals surface area contributed by atoms with Crippen LogP contribution in [-0.2, 0) is 9.59 Å². The second kappa shape index (κ2) is 8.35. The highest BCUT2D eigenvalue weighted by molar-refractivity contribution is 6.36. The van der Waals surface area contributed by atoms with Gasteiger partial charge >= 0.3 is 6.03 Å². The fourth-order valence-electron chi connectivity index (χ4n) is 4.40. The van der Waals surface area contributed by atoms with Gasteiger partial charge in [0, 0.05) is 36.2 Å². The van der Waals surface area contributed by atoms with E-state index in [0.717, 1.165) is 36.1 Å². The molecule has 1 saturated carbocycles. The molecule has 0 unspecified atom stereocenters. The van der Waals surface area contributed by atoms with Crippen molar-refractivity contribution in [2.45, 2.75) is 51.5 Å². The summed E-state index contributed by atoms with van der Waals surface area (Å²) < 4.78 is 0. The van der Waals surface area contributed by atoms with Crippen molar-refractivity contribution in [3.8, 4) is 11.1 Å². The van der Waals surface area contributed by atoms with Gasteiger partial charge in [-0.25, -0.2) is 4.79 Å². The van der Waals surface area contributed by atoms with Crippen molar-refractivity contribution in [2.75, 3.05) is 16.3 Å². The molecule has 162 valence electrons. The molecule has 5 rings (SSSR count). The van der Waals surface area contributed by atoms with E-state index in [4.69, 9.17) is 11.6 Å². The molecular weight excluding hydrogens is 414 g/mol. The van der Waals surface area contributed by atoms with Crippen molar-refractivity contribution in [1.29, 1.82) is 0 Å². The van der Waals surface area contributed by atoms with Gasteiger partial charge in [0.05, 0.1) is 10.7 Å². The van der Waals surface area contributed by atoms with E-state index in [1.54, 1.807) is 6.07 Å². The van der Waals surface area contributed by atoms with Gasteiger partial charge in [0.25, 0.3) is 0 Å². The van der Waals surface area contributed by atoms with Gasteiger partial charge in [-0.15, -0.1) is 0 Å². The van der Waals surface area contributed by atoms with Gasteiger partial charge in [0.2, 0.25) is 11.8 Å². The van der Waals surface area contributed by atoms with Gasteiger partial charge < -0.3 is 4.90 Å². The van der Waals surface area contributed by atoms with Crippen LogP contribution in [0.4, 0.5) is 16.2 Å². The number of amides is 4. The minimum atomic E-state index is -0.460. The Bertz CT molecular complexity index is 1030. The Labute approximate surface area is 187 Å². The molecule has 0 radical (unpaired) electrons. The Kier molecular flexibility index (Phi) is 5.75. The van der Waals surface area contributed by atoms with Crippen LogP contribution in [0.2, 0.25) is 5.02 Å². The number of anilines is 2. The number of hydrogen-bond acceptors (Lipinski definition) is 3. The third-order valence-electron chi connectivity index (χ3n) is 6.11. The molecule has 1 N–H and O–H groups in total. The van der Waals surface area contributed by atoms with Crippen LogP contribution >= 0.6 is 11.6 Å². The highest BCUT2D eigenvalue weighted by Crippen LogP contribution is 2.52. The van der Waals surface area contributed by atoms with Crippen molar-refractivity contribution < 1.29 is 14.4 Å². The molecule has 0 bridgehead atoms. The lowest BCUT2D eigenvalue weighted by molar-refractivity contribution is -0.120. The number of rotatable bonds is 3. The topological polar surface area (TPSA) is 69.7 Å². The van der Waals surface area contributed by atoms with Crippen molar-refractivity contribution in [1.82, 2.24) is 5.32 Å². The van der Waals surface area contributed by atoms with Crippen LogP contribution in [0.5, 0.6) is 0 Å². The summed E-state index contributed by atoms with van der Waals surface area (Å²) in [6.45, 7) is 4.30. The van der Waals surface area contributed by atoms with Crippen molar-refractivity contribution in [2.24, 2.45) is 0 Å². The summed E-state index contributed by atoms with van der Waals surface area (Å²) in [5, 5.41) is 2.78. The molecule has 1 aliphatic carbocycles. The van der Waals surface area contributed by atoms with E-state index in [-0.39, 0.29) is 23.8 Å².